The lowest BCUT2D eigenvalue weighted by molar-refractivity contribution is 0.0689. The summed E-state index contributed by atoms with van der Waals surface area (Å²) in [6.45, 7) is 1.65. The van der Waals surface area contributed by atoms with Crippen molar-refractivity contribution < 1.29 is 13.7 Å². The molecule has 1 unspecified atom stereocenters. The van der Waals surface area contributed by atoms with E-state index in [4.69, 9.17) is 13.7 Å². The second-order valence-corrected chi connectivity index (χ2v) is 5.54. The Balaban J connectivity index is 1.47. The van der Waals surface area contributed by atoms with Crippen molar-refractivity contribution in [2.75, 3.05) is 13.7 Å². The van der Waals surface area contributed by atoms with Gasteiger partial charge in [0.25, 0.3) is 0 Å². The highest BCUT2D eigenvalue weighted by molar-refractivity contribution is 5.44. The van der Waals surface area contributed by atoms with Crippen molar-refractivity contribution in [3.8, 4) is 17.3 Å². The van der Waals surface area contributed by atoms with E-state index < -0.39 is 0 Å². The van der Waals surface area contributed by atoms with Crippen molar-refractivity contribution in [1.82, 2.24) is 15.0 Å². The third-order valence-electron chi connectivity index (χ3n) is 4.16. The summed E-state index contributed by atoms with van der Waals surface area (Å²) in [5.74, 6) is 2.59. The molecule has 0 saturated carbocycles. The lowest BCUT2D eigenvalue weighted by Crippen LogP contribution is -2.40. The second kappa shape index (κ2) is 5.89. The summed E-state index contributed by atoms with van der Waals surface area (Å²) < 4.78 is 15.9. The predicted octanol–water partition coefficient (Wildman–Crippen LogP) is 3.29. The van der Waals surface area contributed by atoms with E-state index in [0.29, 0.717) is 30.1 Å². The number of benzene rings is 1. The molecule has 118 valence electrons. The van der Waals surface area contributed by atoms with E-state index >= 15 is 0 Å². The minimum atomic E-state index is 0.365. The zero-order chi connectivity index (χ0) is 15.6. The molecule has 0 N–H and O–H groups in total. The van der Waals surface area contributed by atoms with E-state index in [1.54, 1.807) is 19.4 Å². The highest BCUT2D eigenvalue weighted by Gasteiger charge is 2.31. The second-order valence-electron chi connectivity index (χ2n) is 5.54. The first-order valence-corrected chi connectivity index (χ1v) is 7.58. The highest BCUT2D eigenvalue weighted by Crippen LogP contribution is 2.35. The van der Waals surface area contributed by atoms with Crippen molar-refractivity contribution >= 4 is 0 Å². The summed E-state index contributed by atoms with van der Waals surface area (Å²) in [6, 6.07) is 12.2. The van der Waals surface area contributed by atoms with Crippen LogP contribution in [0.4, 0.5) is 0 Å². The minimum Gasteiger partial charge on any atom is -0.497 e. The van der Waals surface area contributed by atoms with E-state index in [1.807, 2.05) is 18.2 Å². The van der Waals surface area contributed by atoms with Crippen LogP contribution in [0.5, 0.6) is 5.75 Å². The Hall–Kier alpha value is -2.60. The third kappa shape index (κ3) is 2.73. The molecule has 6 nitrogen and oxygen atoms in total. The lowest BCUT2D eigenvalue weighted by atomic mass is 9.94. The van der Waals surface area contributed by atoms with Gasteiger partial charge in [0.1, 0.15) is 5.75 Å². The number of aromatic nitrogens is 2. The van der Waals surface area contributed by atoms with Crippen LogP contribution in [0, 0.1) is 0 Å². The van der Waals surface area contributed by atoms with Crippen LogP contribution in [0.15, 0.2) is 51.6 Å². The maximum absolute atomic E-state index is 5.34. The minimum absolute atomic E-state index is 0.365. The van der Waals surface area contributed by atoms with Gasteiger partial charge in [-0.25, -0.2) is 0 Å². The molecule has 4 rings (SSSR count). The van der Waals surface area contributed by atoms with Crippen molar-refractivity contribution in [3.63, 3.8) is 0 Å². The summed E-state index contributed by atoms with van der Waals surface area (Å²) in [4.78, 5) is 6.71. The van der Waals surface area contributed by atoms with Crippen LogP contribution in [-0.4, -0.2) is 28.7 Å². The lowest BCUT2D eigenvalue weighted by Gasteiger charge is -2.40. The molecule has 1 saturated heterocycles. The fourth-order valence-corrected chi connectivity index (χ4v) is 2.85. The first-order valence-electron chi connectivity index (χ1n) is 7.58. The Morgan fingerprint density at radius 3 is 3.00 bits per heavy atom. The zero-order valence-corrected chi connectivity index (χ0v) is 12.8. The Bertz CT molecular complexity index is 782. The number of methoxy groups -OCH3 is 1. The molecule has 1 fully saturated rings. The van der Waals surface area contributed by atoms with Crippen LogP contribution in [0.2, 0.25) is 0 Å². The van der Waals surface area contributed by atoms with Crippen molar-refractivity contribution in [2.24, 2.45) is 0 Å². The smallest absolute Gasteiger partial charge is 0.241 e. The first kappa shape index (κ1) is 14.0. The summed E-state index contributed by atoms with van der Waals surface area (Å²) in [6.07, 6.45) is 2.71. The Kier molecular flexibility index (Phi) is 3.59. The van der Waals surface area contributed by atoms with E-state index in [2.05, 4.69) is 27.2 Å². The number of rotatable bonds is 5. The van der Waals surface area contributed by atoms with E-state index in [-0.39, 0.29) is 0 Å². The normalized spacial score (nSPS) is 17.9. The van der Waals surface area contributed by atoms with Gasteiger partial charge in [0.05, 0.1) is 19.9 Å². The van der Waals surface area contributed by atoms with Crippen LogP contribution >= 0.6 is 0 Å². The molecular weight excluding hydrogens is 294 g/mol. The summed E-state index contributed by atoms with van der Waals surface area (Å²) in [5.41, 5.74) is 1.25. The molecule has 3 aromatic rings. The van der Waals surface area contributed by atoms with Crippen LogP contribution in [0.1, 0.15) is 23.9 Å². The maximum atomic E-state index is 5.34. The van der Waals surface area contributed by atoms with Crippen LogP contribution in [-0.2, 0) is 6.54 Å². The SMILES string of the molecule is COc1cccc(C2CCN2Cc2nc(-c3ccco3)no2)c1. The summed E-state index contributed by atoms with van der Waals surface area (Å²) in [5, 5.41) is 3.97. The Morgan fingerprint density at radius 2 is 2.26 bits per heavy atom. The average molecular weight is 311 g/mol. The van der Waals surface area contributed by atoms with Crippen molar-refractivity contribution in [3.05, 3.63) is 54.1 Å². The highest BCUT2D eigenvalue weighted by atomic mass is 16.5. The Labute approximate surface area is 133 Å². The summed E-state index contributed by atoms with van der Waals surface area (Å²) >= 11 is 0. The number of hydrogen-bond acceptors (Lipinski definition) is 6. The Morgan fingerprint density at radius 1 is 1.30 bits per heavy atom. The molecule has 1 aliphatic rings. The van der Waals surface area contributed by atoms with Gasteiger partial charge in [-0.3, -0.25) is 4.90 Å². The third-order valence-corrected chi connectivity index (χ3v) is 4.16. The molecule has 0 radical (unpaired) electrons. The van der Waals surface area contributed by atoms with Gasteiger partial charge in [0, 0.05) is 12.6 Å². The van der Waals surface area contributed by atoms with Gasteiger partial charge in [0.15, 0.2) is 5.76 Å². The van der Waals surface area contributed by atoms with Crippen molar-refractivity contribution in [1.29, 1.82) is 0 Å². The van der Waals surface area contributed by atoms with Gasteiger partial charge in [-0.15, -0.1) is 0 Å². The van der Waals surface area contributed by atoms with Gasteiger partial charge < -0.3 is 13.7 Å². The molecular formula is C17H17N3O3. The molecule has 1 atom stereocenters. The van der Waals surface area contributed by atoms with E-state index in [0.717, 1.165) is 18.7 Å². The molecule has 1 aromatic carbocycles. The number of hydrogen-bond donors (Lipinski definition) is 0. The monoisotopic (exact) mass is 311 g/mol. The average Bonchev–Trinajstić information content (AvgIpc) is 3.23. The molecule has 1 aliphatic heterocycles. The van der Waals surface area contributed by atoms with Gasteiger partial charge in [-0.05, 0) is 36.2 Å². The van der Waals surface area contributed by atoms with Gasteiger partial charge >= 0.3 is 0 Å². The maximum Gasteiger partial charge on any atom is 0.241 e. The fourth-order valence-electron chi connectivity index (χ4n) is 2.85. The van der Waals surface area contributed by atoms with Crippen LogP contribution in [0.3, 0.4) is 0 Å². The van der Waals surface area contributed by atoms with Crippen LogP contribution in [0.25, 0.3) is 11.6 Å². The molecule has 0 amide bonds. The van der Waals surface area contributed by atoms with E-state index in [1.165, 1.54) is 5.56 Å². The van der Waals surface area contributed by atoms with Gasteiger partial charge in [-0.1, -0.05) is 17.3 Å². The standard InChI is InChI=1S/C17H17N3O3/c1-21-13-5-2-4-12(10-13)14-7-8-20(14)11-16-18-17(19-23-16)15-6-3-9-22-15/h2-6,9-10,14H,7-8,11H2,1H3. The molecule has 0 spiro atoms. The number of likely N-dealkylation sites (tertiary alicyclic amines) is 1. The zero-order valence-electron chi connectivity index (χ0n) is 12.8. The summed E-state index contributed by atoms with van der Waals surface area (Å²) in [7, 11) is 1.69. The molecule has 0 aliphatic carbocycles. The molecule has 2 aromatic heterocycles. The molecule has 23 heavy (non-hydrogen) atoms. The molecule has 0 bridgehead atoms. The topological polar surface area (TPSA) is 64.5 Å². The predicted molar refractivity (Wildman–Crippen MR) is 82.8 cm³/mol. The van der Waals surface area contributed by atoms with Crippen molar-refractivity contribution in [2.45, 2.75) is 19.0 Å². The molecule has 3 heterocycles. The van der Waals surface area contributed by atoms with Gasteiger partial charge in [-0.2, -0.15) is 4.98 Å². The van der Waals surface area contributed by atoms with Crippen LogP contribution < -0.4 is 4.74 Å². The van der Waals surface area contributed by atoms with E-state index in [9.17, 15) is 0 Å². The molecule has 6 heteroatoms. The fraction of sp³-hybridized carbons (Fsp3) is 0.294. The van der Waals surface area contributed by atoms with Gasteiger partial charge in [0.2, 0.25) is 11.7 Å². The number of ether oxygens (including phenoxy) is 1. The number of nitrogens with zero attached hydrogens (tertiary/aromatic N) is 3. The largest absolute Gasteiger partial charge is 0.497 e. The first-order chi connectivity index (χ1) is 11.3. The number of furan rings is 1. The quantitative estimate of drug-likeness (QED) is 0.720.